The third-order valence-corrected chi connectivity index (χ3v) is 4.78. The normalized spacial score (nSPS) is 12.6. The first-order valence-electron chi connectivity index (χ1n) is 8.93. The number of ether oxygens (including phenoxy) is 4. The van der Waals surface area contributed by atoms with E-state index in [-0.39, 0.29) is 0 Å². The smallest absolute Gasteiger partial charge is 0.170 e. The van der Waals surface area contributed by atoms with Gasteiger partial charge < -0.3 is 18.9 Å². The fraction of sp³-hybridized carbons (Fsp3) is 0.217. The molecule has 0 fully saturated rings. The molecule has 0 saturated carbocycles. The van der Waals surface area contributed by atoms with Crippen LogP contribution in [0.3, 0.4) is 0 Å². The summed E-state index contributed by atoms with van der Waals surface area (Å²) in [5, 5.41) is 0. The Labute approximate surface area is 159 Å². The van der Waals surface area contributed by atoms with Crippen molar-refractivity contribution in [2.75, 3.05) is 27.4 Å². The van der Waals surface area contributed by atoms with Crippen LogP contribution in [-0.2, 0) is 0 Å². The van der Waals surface area contributed by atoms with Crippen molar-refractivity contribution in [3.8, 4) is 45.3 Å². The number of fused-ring (bicyclic) bond motifs is 1. The Hall–Kier alpha value is -3.14. The fourth-order valence-electron chi connectivity index (χ4n) is 3.42. The minimum atomic E-state index is 0.543. The van der Waals surface area contributed by atoms with Crippen molar-refractivity contribution >= 4 is 0 Å². The van der Waals surface area contributed by atoms with Gasteiger partial charge in [-0.1, -0.05) is 24.3 Å². The van der Waals surface area contributed by atoms with Gasteiger partial charge in [-0.15, -0.1) is 0 Å². The standard InChI is InChI=1S/C23H22O4/c1-15-14-20(16-4-8-18(24-2)9-5-16)21(23-22(15)26-12-13-27-23)17-6-10-19(25-3)11-7-17/h4-11,14H,12-13H2,1-3H3. The van der Waals surface area contributed by atoms with Crippen molar-refractivity contribution in [1.82, 2.24) is 0 Å². The molecule has 0 unspecified atom stereocenters. The molecule has 0 aromatic heterocycles. The first-order chi connectivity index (χ1) is 13.2. The third-order valence-electron chi connectivity index (χ3n) is 4.78. The maximum absolute atomic E-state index is 6.07. The highest BCUT2D eigenvalue weighted by Crippen LogP contribution is 2.48. The van der Waals surface area contributed by atoms with E-state index >= 15 is 0 Å². The number of benzene rings is 3. The van der Waals surface area contributed by atoms with Gasteiger partial charge in [-0.3, -0.25) is 0 Å². The zero-order valence-corrected chi connectivity index (χ0v) is 15.7. The van der Waals surface area contributed by atoms with E-state index in [2.05, 4.69) is 37.3 Å². The SMILES string of the molecule is COc1ccc(-c2cc(C)c3c(c2-c2ccc(OC)cc2)OCCO3)cc1. The molecule has 0 saturated heterocycles. The van der Waals surface area contributed by atoms with Crippen LogP contribution in [0.4, 0.5) is 0 Å². The van der Waals surface area contributed by atoms with E-state index in [4.69, 9.17) is 18.9 Å². The zero-order chi connectivity index (χ0) is 18.8. The minimum absolute atomic E-state index is 0.543. The molecule has 0 spiro atoms. The van der Waals surface area contributed by atoms with E-state index in [0.29, 0.717) is 13.2 Å². The number of hydrogen-bond donors (Lipinski definition) is 0. The van der Waals surface area contributed by atoms with Gasteiger partial charge in [0.2, 0.25) is 0 Å². The highest BCUT2D eigenvalue weighted by molar-refractivity contribution is 5.90. The molecule has 1 heterocycles. The Morgan fingerprint density at radius 3 is 1.78 bits per heavy atom. The lowest BCUT2D eigenvalue weighted by Crippen LogP contribution is -2.17. The topological polar surface area (TPSA) is 36.9 Å². The number of rotatable bonds is 4. The Morgan fingerprint density at radius 2 is 1.22 bits per heavy atom. The molecule has 4 heteroatoms. The van der Waals surface area contributed by atoms with E-state index in [1.54, 1.807) is 14.2 Å². The molecule has 3 aromatic carbocycles. The molecule has 0 N–H and O–H groups in total. The molecular weight excluding hydrogens is 340 g/mol. The second-order valence-electron chi connectivity index (χ2n) is 6.43. The predicted molar refractivity (Wildman–Crippen MR) is 106 cm³/mol. The van der Waals surface area contributed by atoms with Gasteiger partial charge in [-0.05, 0) is 59.5 Å². The Morgan fingerprint density at radius 1 is 0.704 bits per heavy atom. The van der Waals surface area contributed by atoms with Gasteiger partial charge in [0.05, 0.1) is 14.2 Å². The summed E-state index contributed by atoms with van der Waals surface area (Å²) in [6, 6.07) is 18.3. The van der Waals surface area contributed by atoms with Crippen LogP contribution >= 0.6 is 0 Å². The van der Waals surface area contributed by atoms with Gasteiger partial charge in [0.25, 0.3) is 0 Å². The molecule has 4 rings (SSSR count). The van der Waals surface area contributed by atoms with Gasteiger partial charge in [-0.25, -0.2) is 0 Å². The van der Waals surface area contributed by atoms with Crippen LogP contribution in [0.25, 0.3) is 22.3 Å². The largest absolute Gasteiger partial charge is 0.497 e. The van der Waals surface area contributed by atoms with E-state index in [0.717, 1.165) is 50.8 Å². The summed E-state index contributed by atoms with van der Waals surface area (Å²) in [7, 11) is 3.34. The Kier molecular flexibility index (Phi) is 4.63. The summed E-state index contributed by atoms with van der Waals surface area (Å²) >= 11 is 0. The number of methoxy groups -OCH3 is 2. The van der Waals surface area contributed by atoms with Crippen LogP contribution in [0.15, 0.2) is 54.6 Å². The second kappa shape index (κ2) is 7.23. The van der Waals surface area contributed by atoms with Crippen LogP contribution in [-0.4, -0.2) is 27.4 Å². The van der Waals surface area contributed by atoms with Gasteiger partial charge >= 0.3 is 0 Å². The van der Waals surface area contributed by atoms with E-state index in [1.807, 2.05) is 24.3 Å². The highest BCUT2D eigenvalue weighted by Gasteiger charge is 2.24. The van der Waals surface area contributed by atoms with Crippen molar-refractivity contribution in [3.05, 3.63) is 60.2 Å². The lowest BCUT2D eigenvalue weighted by molar-refractivity contribution is 0.171. The van der Waals surface area contributed by atoms with Crippen molar-refractivity contribution in [1.29, 1.82) is 0 Å². The molecule has 1 aliphatic heterocycles. The van der Waals surface area contributed by atoms with Crippen LogP contribution in [0.2, 0.25) is 0 Å². The van der Waals surface area contributed by atoms with E-state index in [9.17, 15) is 0 Å². The monoisotopic (exact) mass is 362 g/mol. The van der Waals surface area contributed by atoms with Crippen molar-refractivity contribution in [2.24, 2.45) is 0 Å². The van der Waals surface area contributed by atoms with E-state index in [1.165, 1.54) is 0 Å². The maximum atomic E-state index is 6.07. The van der Waals surface area contributed by atoms with Crippen LogP contribution in [0.1, 0.15) is 5.56 Å². The summed E-state index contributed by atoms with van der Waals surface area (Å²) < 4.78 is 22.6. The van der Waals surface area contributed by atoms with Crippen LogP contribution in [0.5, 0.6) is 23.0 Å². The number of aryl methyl sites for hydroxylation is 1. The summed E-state index contributed by atoms with van der Waals surface area (Å²) in [5.74, 6) is 3.28. The highest BCUT2D eigenvalue weighted by atomic mass is 16.6. The predicted octanol–water partition coefficient (Wildman–Crippen LogP) is 5.12. The van der Waals surface area contributed by atoms with Gasteiger partial charge in [0, 0.05) is 5.56 Å². The van der Waals surface area contributed by atoms with Gasteiger partial charge in [-0.2, -0.15) is 0 Å². The van der Waals surface area contributed by atoms with Crippen LogP contribution < -0.4 is 18.9 Å². The zero-order valence-electron chi connectivity index (χ0n) is 15.7. The average Bonchev–Trinajstić information content (AvgIpc) is 2.74. The molecule has 138 valence electrons. The third kappa shape index (κ3) is 3.19. The van der Waals surface area contributed by atoms with Gasteiger partial charge in [0.15, 0.2) is 11.5 Å². The first-order valence-corrected chi connectivity index (χ1v) is 8.93. The summed E-state index contributed by atoms with van der Waals surface area (Å²) in [4.78, 5) is 0. The van der Waals surface area contributed by atoms with Crippen molar-refractivity contribution < 1.29 is 18.9 Å². The molecule has 0 bridgehead atoms. The molecule has 0 radical (unpaired) electrons. The molecule has 3 aromatic rings. The molecular formula is C23H22O4. The molecule has 0 amide bonds. The summed E-state index contributed by atoms with van der Waals surface area (Å²) in [6.07, 6.45) is 0. The first kappa shape index (κ1) is 17.3. The molecule has 0 aliphatic carbocycles. The lowest BCUT2D eigenvalue weighted by Gasteiger charge is -2.25. The number of hydrogen-bond acceptors (Lipinski definition) is 4. The molecule has 0 atom stereocenters. The van der Waals surface area contributed by atoms with Crippen molar-refractivity contribution in [2.45, 2.75) is 6.92 Å². The average molecular weight is 362 g/mol. The fourth-order valence-corrected chi connectivity index (χ4v) is 3.42. The molecule has 1 aliphatic rings. The maximum Gasteiger partial charge on any atom is 0.170 e. The quantitative estimate of drug-likeness (QED) is 0.646. The van der Waals surface area contributed by atoms with Gasteiger partial charge in [0.1, 0.15) is 24.7 Å². The second-order valence-corrected chi connectivity index (χ2v) is 6.43. The summed E-state index contributed by atoms with van der Waals surface area (Å²) in [5.41, 5.74) is 5.35. The Bertz CT molecular complexity index is 944. The van der Waals surface area contributed by atoms with Crippen molar-refractivity contribution in [3.63, 3.8) is 0 Å². The summed E-state index contributed by atoms with van der Waals surface area (Å²) in [6.45, 7) is 3.16. The molecule has 27 heavy (non-hydrogen) atoms. The minimum Gasteiger partial charge on any atom is -0.497 e. The van der Waals surface area contributed by atoms with E-state index < -0.39 is 0 Å². The lowest BCUT2D eigenvalue weighted by atomic mass is 9.91. The molecule has 4 nitrogen and oxygen atoms in total. The Balaban J connectivity index is 1.94. The van der Waals surface area contributed by atoms with Crippen LogP contribution in [0, 0.1) is 6.92 Å².